The third-order valence-electron chi connectivity index (χ3n) is 3.52. The average molecular weight is 370 g/mol. The van der Waals surface area contributed by atoms with E-state index >= 15 is 0 Å². The van der Waals surface area contributed by atoms with Crippen LogP contribution in [0.2, 0.25) is 5.02 Å². The Bertz CT molecular complexity index is 955. The van der Waals surface area contributed by atoms with Crippen molar-refractivity contribution < 1.29 is 14.0 Å². The molecule has 0 radical (unpaired) electrons. The molecule has 0 saturated heterocycles. The predicted octanol–water partition coefficient (Wildman–Crippen LogP) is 4.03. The van der Waals surface area contributed by atoms with Crippen LogP contribution in [0.3, 0.4) is 0 Å². The van der Waals surface area contributed by atoms with Crippen molar-refractivity contribution in [2.45, 2.75) is 13.5 Å². The number of aromatic nitrogens is 2. The molecular formula is C19H16ClN3O3. The Morgan fingerprint density at radius 1 is 1.19 bits per heavy atom. The van der Waals surface area contributed by atoms with Gasteiger partial charge in [0.25, 0.3) is 0 Å². The van der Waals surface area contributed by atoms with Gasteiger partial charge in [0.05, 0.1) is 6.54 Å². The maximum absolute atomic E-state index is 12.0. The number of anilines is 1. The van der Waals surface area contributed by atoms with Crippen molar-refractivity contribution in [2.75, 3.05) is 5.32 Å². The Morgan fingerprint density at radius 2 is 1.96 bits per heavy atom. The van der Waals surface area contributed by atoms with Crippen molar-refractivity contribution in [1.82, 2.24) is 9.78 Å². The number of furan rings is 1. The standard InChI is InChI=1S/C19H16ClN3O3/c1-13(24)17-8-7-16(26-17)12-23-11-10-18(22-23)21-19(25)9-4-14-2-5-15(20)6-3-14/h2-11H,12H2,1H3,(H,21,22,25). The van der Waals surface area contributed by atoms with E-state index in [1.807, 2.05) is 12.1 Å². The molecule has 0 aliphatic carbocycles. The van der Waals surface area contributed by atoms with Gasteiger partial charge in [-0.1, -0.05) is 23.7 Å². The second-order valence-corrected chi connectivity index (χ2v) is 6.03. The summed E-state index contributed by atoms with van der Waals surface area (Å²) in [7, 11) is 0. The first-order valence-corrected chi connectivity index (χ1v) is 8.25. The smallest absolute Gasteiger partial charge is 0.249 e. The zero-order valence-electron chi connectivity index (χ0n) is 14.0. The molecule has 0 bridgehead atoms. The van der Waals surface area contributed by atoms with E-state index in [-0.39, 0.29) is 11.7 Å². The number of rotatable bonds is 6. The van der Waals surface area contributed by atoms with Gasteiger partial charge in [-0.25, -0.2) is 0 Å². The van der Waals surface area contributed by atoms with Gasteiger partial charge in [0.2, 0.25) is 5.91 Å². The van der Waals surface area contributed by atoms with E-state index in [1.54, 1.807) is 47.3 Å². The maximum atomic E-state index is 12.0. The number of carbonyl (C=O) groups is 2. The van der Waals surface area contributed by atoms with E-state index in [9.17, 15) is 9.59 Å². The monoisotopic (exact) mass is 369 g/mol. The van der Waals surface area contributed by atoms with Crippen LogP contribution in [0.4, 0.5) is 5.82 Å². The van der Waals surface area contributed by atoms with Crippen molar-refractivity contribution in [3.05, 3.63) is 76.8 Å². The quantitative estimate of drug-likeness (QED) is 0.525. The minimum absolute atomic E-state index is 0.128. The second-order valence-electron chi connectivity index (χ2n) is 5.59. The van der Waals surface area contributed by atoms with Gasteiger partial charge in [-0.05, 0) is 35.9 Å². The van der Waals surface area contributed by atoms with Crippen molar-refractivity contribution in [3.8, 4) is 0 Å². The molecule has 1 N–H and O–H groups in total. The summed E-state index contributed by atoms with van der Waals surface area (Å²) in [6, 6.07) is 12.2. The number of ketones is 1. The van der Waals surface area contributed by atoms with Gasteiger partial charge in [0, 0.05) is 30.3 Å². The summed E-state index contributed by atoms with van der Waals surface area (Å²) in [5.74, 6) is 0.931. The van der Waals surface area contributed by atoms with Gasteiger partial charge in [-0.2, -0.15) is 5.10 Å². The molecule has 6 nitrogen and oxygen atoms in total. The molecule has 0 unspecified atom stereocenters. The zero-order chi connectivity index (χ0) is 18.5. The SMILES string of the molecule is CC(=O)c1ccc(Cn2ccc(NC(=O)C=Cc3ccc(Cl)cc3)n2)o1. The highest BCUT2D eigenvalue weighted by atomic mass is 35.5. The first kappa shape index (κ1) is 17.7. The van der Waals surface area contributed by atoms with Crippen molar-refractivity contribution in [2.24, 2.45) is 0 Å². The predicted molar refractivity (Wildman–Crippen MR) is 99.2 cm³/mol. The van der Waals surface area contributed by atoms with Gasteiger partial charge >= 0.3 is 0 Å². The molecule has 2 aromatic heterocycles. The summed E-state index contributed by atoms with van der Waals surface area (Å²) in [5, 5.41) is 7.58. The van der Waals surface area contributed by atoms with E-state index < -0.39 is 0 Å². The molecule has 0 aliphatic heterocycles. The van der Waals surface area contributed by atoms with E-state index in [0.717, 1.165) is 5.56 Å². The number of hydrogen-bond donors (Lipinski definition) is 1. The molecule has 7 heteroatoms. The summed E-state index contributed by atoms with van der Waals surface area (Å²) in [4.78, 5) is 23.2. The van der Waals surface area contributed by atoms with Crippen LogP contribution < -0.4 is 5.32 Å². The number of nitrogens with one attached hydrogen (secondary N) is 1. The largest absolute Gasteiger partial charge is 0.456 e. The molecule has 2 heterocycles. The Balaban J connectivity index is 1.57. The van der Waals surface area contributed by atoms with Crippen molar-refractivity contribution in [1.29, 1.82) is 0 Å². The van der Waals surface area contributed by atoms with Crippen LogP contribution in [0.1, 0.15) is 28.8 Å². The summed E-state index contributed by atoms with van der Waals surface area (Å²) in [5.41, 5.74) is 0.870. The average Bonchev–Trinajstić information content (AvgIpc) is 3.24. The molecule has 0 spiro atoms. The topological polar surface area (TPSA) is 77.1 Å². The minimum Gasteiger partial charge on any atom is -0.456 e. The fourth-order valence-electron chi connectivity index (χ4n) is 2.24. The lowest BCUT2D eigenvalue weighted by Gasteiger charge is -1.99. The number of halogens is 1. The second kappa shape index (κ2) is 7.84. The van der Waals surface area contributed by atoms with Crippen LogP contribution in [0.5, 0.6) is 0 Å². The molecule has 132 valence electrons. The van der Waals surface area contributed by atoms with E-state index in [0.29, 0.717) is 28.9 Å². The van der Waals surface area contributed by atoms with Crippen molar-refractivity contribution in [3.63, 3.8) is 0 Å². The highest BCUT2D eigenvalue weighted by Crippen LogP contribution is 2.12. The fraction of sp³-hybridized carbons (Fsp3) is 0.105. The van der Waals surface area contributed by atoms with Gasteiger partial charge in [0.15, 0.2) is 17.4 Å². The van der Waals surface area contributed by atoms with Crippen LogP contribution in [0, 0.1) is 0 Å². The molecule has 0 saturated carbocycles. The van der Waals surface area contributed by atoms with Crippen molar-refractivity contribution >= 4 is 35.2 Å². The summed E-state index contributed by atoms with van der Waals surface area (Å²) >= 11 is 5.82. The Hall–Kier alpha value is -3.12. The van der Waals surface area contributed by atoms with Gasteiger partial charge in [-0.15, -0.1) is 0 Å². The lowest BCUT2D eigenvalue weighted by Crippen LogP contribution is -2.09. The van der Waals surface area contributed by atoms with Crippen LogP contribution >= 0.6 is 11.6 Å². The highest BCUT2D eigenvalue weighted by Gasteiger charge is 2.08. The first-order valence-electron chi connectivity index (χ1n) is 7.87. The molecule has 3 aromatic rings. The van der Waals surface area contributed by atoms with E-state index in [2.05, 4.69) is 10.4 Å². The Kier molecular flexibility index (Phi) is 5.34. The number of nitrogens with zero attached hydrogens (tertiary/aromatic N) is 2. The van der Waals surface area contributed by atoms with Crippen LogP contribution in [-0.4, -0.2) is 21.5 Å². The third kappa shape index (κ3) is 4.70. The molecule has 1 aromatic carbocycles. The van der Waals surface area contributed by atoms with E-state index in [1.165, 1.54) is 13.0 Å². The van der Waals surface area contributed by atoms with E-state index in [4.69, 9.17) is 16.0 Å². The minimum atomic E-state index is -0.290. The molecule has 1 amide bonds. The van der Waals surface area contributed by atoms with Crippen LogP contribution in [0.15, 0.2) is 59.2 Å². The Morgan fingerprint density at radius 3 is 2.65 bits per heavy atom. The molecule has 3 rings (SSSR count). The maximum Gasteiger partial charge on any atom is 0.249 e. The molecule has 0 aliphatic rings. The molecule has 0 atom stereocenters. The fourth-order valence-corrected chi connectivity index (χ4v) is 2.37. The van der Waals surface area contributed by atoms with Gasteiger partial charge < -0.3 is 9.73 Å². The summed E-state index contributed by atoms with van der Waals surface area (Å²) < 4.78 is 7.03. The van der Waals surface area contributed by atoms with Gasteiger partial charge in [0.1, 0.15) is 5.76 Å². The number of benzene rings is 1. The van der Waals surface area contributed by atoms with Crippen LogP contribution in [-0.2, 0) is 11.3 Å². The molecular weight excluding hydrogens is 354 g/mol. The number of hydrogen-bond acceptors (Lipinski definition) is 4. The zero-order valence-corrected chi connectivity index (χ0v) is 14.7. The van der Waals surface area contributed by atoms with Gasteiger partial charge in [-0.3, -0.25) is 14.3 Å². The normalized spacial score (nSPS) is 11.0. The third-order valence-corrected chi connectivity index (χ3v) is 3.77. The number of Topliss-reactive ketones (excluding diaryl/α,β-unsaturated/α-hetero) is 1. The first-order chi connectivity index (χ1) is 12.5. The molecule has 26 heavy (non-hydrogen) atoms. The Labute approximate surface area is 155 Å². The lowest BCUT2D eigenvalue weighted by molar-refractivity contribution is -0.111. The molecule has 0 fully saturated rings. The van der Waals surface area contributed by atoms with Crippen LogP contribution in [0.25, 0.3) is 6.08 Å². The lowest BCUT2D eigenvalue weighted by atomic mass is 10.2. The number of amides is 1. The summed E-state index contributed by atoms with van der Waals surface area (Å²) in [6.07, 6.45) is 4.83. The summed E-state index contributed by atoms with van der Waals surface area (Å²) in [6.45, 7) is 1.81. The number of carbonyl (C=O) groups excluding carboxylic acids is 2. The highest BCUT2D eigenvalue weighted by molar-refractivity contribution is 6.30.